The molecule has 0 bridgehead atoms. The predicted molar refractivity (Wildman–Crippen MR) is 44.1 cm³/mol. The summed E-state index contributed by atoms with van der Waals surface area (Å²) in [5.41, 5.74) is 0. The minimum absolute atomic E-state index is 0.204. The number of carbonyl (C=O) groups excluding carboxylic acids is 1. The molecule has 0 aromatic carbocycles. The molecular formula is C7H12O2S. The van der Waals surface area contributed by atoms with E-state index in [1.54, 1.807) is 13.0 Å². The molecule has 0 spiro atoms. The Morgan fingerprint density at radius 3 is 2.80 bits per heavy atom. The van der Waals surface area contributed by atoms with E-state index in [0.717, 1.165) is 0 Å². The molecule has 2 nitrogen and oxygen atoms in total. The van der Waals surface area contributed by atoms with Gasteiger partial charge in [0, 0.05) is 0 Å². The largest absolute Gasteiger partial charge is 0.465 e. The van der Waals surface area contributed by atoms with E-state index in [1.165, 1.54) is 11.8 Å². The van der Waals surface area contributed by atoms with Gasteiger partial charge < -0.3 is 4.74 Å². The van der Waals surface area contributed by atoms with Crippen LogP contribution >= 0.6 is 11.8 Å². The normalized spacial score (nSPS) is 12.2. The summed E-state index contributed by atoms with van der Waals surface area (Å²) in [5.74, 6) is -0.204. The number of esters is 1. The maximum Gasteiger partial charge on any atom is 0.322 e. The Kier molecular flexibility index (Phi) is 5.12. The highest BCUT2D eigenvalue weighted by Crippen LogP contribution is 2.08. The predicted octanol–water partition coefficient (Wildman–Crippen LogP) is 1.47. The molecule has 0 saturated heterocycles. The number of ether oxygens (including phenoxy) is 1. The van der Waals surface area contributed by atoms with Gasteiger partial charge in [-0.15, -0.1) is 18.3 Å². The lowest BCUT2D eigenvalue weighted by Gasteiger charge is -2.06. The first-order chi connectivity index (χ1) is 4.76. The smallest absolute Gasteiger partial charge is 0.322 e. The Labute approximate surface area is 65.6 Å². The molecule has 0 aromatic rings. The van der Waals surface area contributed by atoms with Gasteiger partial charge in [0.05, 0.1) is 6.61 Å². The van der Waals surface area contributed by atoms with Crippen molar-refractivity contribution in [1.82, 2.24) is 0 Å². The van der Waals surface area contributed by atoms with Crippen molar-refractivity contribution in [1.29, 1.82) is 0 Å². The minimum atomic E-state index is -0.208. The Balaban J connectivity index is 3.76. The van der Waals surface area contributed by atoms with Crippen LogP contribution in [0.4, 0.5) is 0 Å². The third-order valence-electron chi connectivity index (χ3n) is 0.987. The van der Waals surface area contributed by atoms with E-state index in [9.17, 15) is 4.79 Å². The molecule has 0 heterocycles. The Bertz CT molecular complexity index is 123. The van der Waals surface area contributed by atoms with Gasteiger partial charge in [-0.05, 0) is 13.2 Å². The molecular weight excluding hydrogens is 148 g/mol. The van der Waals surface area contributed by atoms with E-state index in [1.807, 2.05) is 6.26 Å². The molecule has 0 fully saturated rings. The van der Waals surface area contributed by atoms with Crippen LogP contribution in [-0.4, -0.2) is 24.1 Å². The molecule has 58 valence electrons. The fraction of sp³-hybridized carbons (Fsp3) is 0.571. The van der Waals surface area contributed by atoms with Crippen molar-refractivity contribution < 1.29 is 9.53 Å². The van der Waals surface area contributed by atoms with Gasteiger partial charge >= 0.3 is 5.97 Å². The van der Waals surface area contributed by atoms with Crippen molar-refractivity contribution in [2.75, 3.05) is 12.9 Å². The zero-order valence-electron chi connectivity index (χ0n) is 6.29. The Morgan fingerprint density at radius 1 is 1.90 bits per heavy atom. The van der Waals surface area contributed by atoms with Crippen molar-refractivity contribution in [2.24, 2.45) is 0 Å². The van der Waals surface area contributed by atoms with Crippen LogP contribution in [0.5, 0.6) is 0 Å². The molecule has 1 atom stereocenters. The van der Waals surface area contributed by atoms with Crippen molar-refractivity contribution in [3.05, 3.63) is 12.7 Å². The fourth-order valence-corrected chi connectivity index (χ4v) is 0.966. The quantitative estimate of drug-likeness (QED) is 0.460. The SMILES string of the molecule is C=CC(SC)C(=O)OCC. The number of hydrogen-bond acceptors (Lipinski definition) is 3. The van der Waals surface area contributed by atoms with Crippen LogP contribution in [0.1, 0.15) is 6.92 Å². The first-order valence-corrected chi connectivity index (χ1v) is 4.37. The molecule has 0 rings (SSSR count). The van der Waals surface area contributed by atoms with Gasteiger partial charge in [-0.25, -0.2) is 0 Å². The third kappa shape index (κ3) is 2.92. The highest BCUT2D eigenvalue weighted by Gasteiger charge is 2.12. The second kappa shape index (κ2) is 5.35. The summed E-state index contributed by atoms with van der Waals surface area (Å²) in [5, 5.41) is -0.208. The highest BCUT2D eigenvalue weighted by atomic mass is 32.2. The fourth-order valence-electron chi connectivity index (χ4n) is 0.513. The third-order valence-corrected chi connectivity index (χ3v) is 1.88. The average Bonchev–Trinajstić information content (AvgIpc) is 1.91. The van der Waals surface area contributed by atoms with Gasteiger partial charge in [-0.3, -0.25) is 4.79 Å². The van der Waals surface area contributed by atoms with E-state index in [4.69, 9.17) is 4.74 Å². The first-order valence-electron chi connectivity index (χ1n) is 3.08. The maximum absolute atomic E-state index is 10.9. The molecule has 3 heteroatoms. The van der Waals surface area contributed by atoms with Gasteiger partial charge in [-0.2, -0.15) is 0 Å². The zero-order valence-corrected chi connectivity index (χ0v) is 7.11. The maximum atomic E-state index is 10.9. The van der Waals surface area contributed by atoms with E-state index < -0.39 is 0 Å². The Hall–Kier alpha value is -0.440. The molecule has 0 saturated carbocycles. The summed E-state index contributed by atoms with van der Waals surface area (Å²) in [6.45, 7) is 5.74. The molecule has 1 unspecified atom stereocenters. The van der Waals surface area contributed by atoms with Crippen molar-refractivity contribution in [3.63, 3.8) is 0 Å². The molecule has 0 N–H and O–H groups in total. The van der Waals surface area contributed by atoms with Gasteiger partial charge in [0.1, 0.15) is 5.25 Å². The molecule has 0 aromatic heterocycles. The van der Waals surface area contributed by atoms with E-state index in [0.29, 0.717) is 6.61 Å². The lowest BCUT2D eigenvalue weighted by Crippen LogP contribution is -2.17. The van der Waals surface area contributed by atoms with Crippen LogP contribution in [0.3, 0.4) is 0 Å². The van der Waals surface area contributed by atoms with Crippen LogP contribution in [0.15, 0.2) is 12.7 Å². The summed E-state index contributed by atoms with van der Waals surface area (Å²) in [6, 6.07) is 0. The first kappa shape index (κ1) is 9.56. The van der Waals surface area contributed by atoms with E-state index in [2.05, 4.69) is 6.58 Å². The van der Waals surface area contributed by atoms with Gasteiger partial charge in [0.15, 0.2) is 0 Å². The summed E-state index contributed by atoms with van der Waals surface area (Å²) in [4.78, 5) is 10.9. The zero-order chi connectivity index (χ0) is 7.98. The van der Waals surface area contributed by atoms with Crippen molar-refractivity contribution in [3.8, 4) is 0 Å². The Morgan fingerprint density at radius 2 is 2.50 bits per heavy atom. The van der Waals surface area contributed by atoms with Crippen LogP contribution < -0.4 is 0 Å². The monoisotopic (exact) mass is 160 g/mol. The number of rotatable bonds is 4. The molecule has 0 aliphatic rings. The molecule has 10 heavy (non-hydrogen) atoms. The summed E-state index contributed by atoms with van der Waals surface area (Å²) >= 11 is 1.43. The minimum Gasteiger partial charge on any atom is -0.465 e. The summed E-state index contributed by atoms with van der Waals surface area (Å²) in [7, 11) is 0. The molecule has 0 amide bonds. The van der Waals surface area contributed by atoms with E-state index in [-0.39, 0.29) is 11.2 Å². The number of thioether (sulfide) groups is 1. The van der Waals surface area contributed by atoms with E-state index >= 15 is 0 Å². The van der Waals surface area contributed by atoms with Gasteiger partial charge in [-0.1, -0.05) is 6.08 Å². The van der Waals surface area contributed by atoms with Crippen molar-refractivity contribution in [2.45, 2.75) is 12.2 Å². The van der Waals surface area contributed by atoms with Crippen LogP contribution in [0.25, 0.3) is 0 Å². The number of hydrogen-bond donors (Lipinski definition) is 0. The number of carbonyl (C=O) groups is 1. The standard InChI is InChI=1S/C7H12O2S/c1-4-6(10-3)7(8)9-5-2/h4,6H,1,5H2,2-3H3. The summed E-state index contributed by atoms with van der Waals surface area (Å²) in [6.07, 6.45) is 3.44. The van der Waals surface area contributed by atoms with Crippen LogP contribution in [0, 0.1) is 0 Å². The second-order valence-electron chi connectivity index (χ2n) is 1.64. The van der Waals surface area contributed by atoms with Gasteiger partial charge in [0.25, 0.3) is 0 Å². The second-order valence-corrected chi connectivity index (χ2v) is 2.62. The lowest BCUT2D eigenvalue weighted by atomic mass is 10.4. The summed E-state index contributed by atoms with van der Waals surface area (Å²) < 4.78 is 4.75. The van der Waals surface area contributed by atoms with Crippen molar-refractivity contribution >= 4 is 17.7 Å². The van der Waals surface area contributed by atoms with Crippen LogP contribution in [0.2, 0.25) is 0 Å². The molecule has 0 aliphatic heterocycles. The van der Waals surface area contributed by atoms with Crippen LogP contribution in [-0.2, 0) is 9.53 Å². The lowest BCUT2D eigenvalue weighted by molar-refractivity contribution is -0.141. The average molecular weight is 160 g/mol. The molecule has 0 aliphatic carbocycles. The molecule has 0 radical (unpaired) electrons. The topological polar surface area (TPSA) is 26.3 Å². The van der Waals surface area contributed by atoms with Gasteiger partial charge in [0.2, 0.25) is 0 Å². The highest BCUT2D eigenvalue weighted by molar-refractivity contribution is 8.00.